The van der Waals surface area contributed by atoms with E-state index in [2.05, 4.69) is 50.4 Å². The lowest BCUT2D eigenvalue weighted by molar-refractivity contribution is 0.397. The standard InChI is InChI=1S/C12H20N2/c1-10-4-6-11(7-5-10)8-14-12(2,3)9-13/h4-7,14H,8-9,13H2,1-3H3. The molecule has 78 valence electrons. The lowest BCUT2D eigenvalue weighted by atomic mass is 10.1. The normalized spacial score (nSPS) is 11.7. The topological polar surface area (TPSA) is 38.0 Å². The highest BCUT2D eigenvalue weighted by molar-refractivity contribution is 5.21. The van der Waals surface area contributed by atoms with E-state index in [0.717, 1.165) is 6.54 Å². The third-order valence-electron chi connectivity index (χ3n) is 2.40. The van der Waals surface area contributed by atoms with Crippen LogP contribution in [0.1, 0.15) is 25.0 Å². The number of aryl methyl sites for hydroxylation is 1. The first-order valence-corrected chi connectivity index (χ1v) is 5.04. The van der Waals surface area contributed by atoms with Gasteiger partial charge in [-0.05, 0) is 26.3 Å². The summed E-state index contributed by atoms with van der Waals surface area (Å²) in [5.74, 6) is 0. The van der Waals surface area contributed by atoms with Gasteiger partial charge in [0.1, 0.15) is 0 Å². The predicted octanol–water partition coefficient (Wildman–Crippen LogP) is 1.82. The summed E-state index contributed by atoms with van der Waals surface area (Å²) in [6.45, 7) is 7.85. The van der Waals surface area contributed by atoms with Crippen molar-refractivity contribution in [3.8, 4) is 0 Å². The maximum atomic E-state index is 5.63. The van der Waals surface area contributed by atoms with Crippen molar-refractivity contribution in [3.05, 3.63) is 35.4 Å². The van der Waals surface area contributed by atoms with Crippen molar-refractivity contribution in [3.63, 3.8) is 0 Å². The molecule has 2 nitrogen and oxygen atoms in total. The fourth-order valence-corrected chi connectivity index (χ4v) is 1.12. The first-order chi connectivity index (χ1) is 6.53. The molecule has 1 rings (SSSR count). The van der Waals surface area contributed by atoms with Crippen LogP contribution in [0.3, 0.4) is 0 Å². The molecule has 0 aliphatic carbocycles. The molecule has 1 aromatic carbocycles. The molecule has 3 N–H and O–H groups in total. The van der Waals surface area contributed by atoms with E-state index in [4.69, 9.17) is 5.73 Å². The molecule has 0 saturated carbocycles. The summed E-state index contributed by atoms with van der Waals surface area (Å²) in [7, 11) is 0. The zero-order valence-electron chi connectivity index (χ0n) is 9.30. The van der Waals surface area contributed by atoms with Crippen molar-refractivity contribution in [1.29, 1.82) is 0 Å². The Morgan fingerprint density at radius 2 is 1.79 bits per heavy atom. The van der Waals surface area contributed by atoms with Crippen LogP contribution in [0, 0.1) is 6.92 Å². The largest absolute Gasteiger partial charge is 0.329 e. The van der Waals surface area contributed by atoms with Gasteiger partial charge in [0.25, 0.3) is 0 Å². The minimum absolute atomic E-state index is 0.0187. The summed E-state index contributed by atoms with van der Waals surface area (Å²) in [5.41, 5.74) is 8.25. The van der Waals surface area contributed by atoms with E-state index < -0.39 is 0 Å². The molecule has 0 heterocycles. The molecule has 14 heavy (non-hydrogen) atoms. The van der Waals surface area contributed by atoms with Crippen molar-refractivity contribution >= 4 is 0 Å². The van der Waals surface area contributed by atoms with Crippen molar-refractivity contribution in [2.45, 2.75) is 32.9 Å². The SMILES string of the molecule is Cc1ccc(CNC(C)(C)CN)cc1. The summed E-state index contributed by atoms with van der Waals surface area (Å²) >= 11 is 0. The maximum absolute atomic E-state index is 5.63. The number of hydrogen-bond acceptors (Lipinski definition) is 2. The van der Waals surface area contributed by atoms with E-state index in [1.165, 1.54) is 11.1 Å². The second-order valence-electron chi connectivity index (χ2n) is 4.43. The average molecular weight is 192 g/mol. The molecular formula is C12H20N2. The average Bonchev–Trinajstić information content (AvgIpc) is 2.17. The highest BCUT2D eigenvalue weighted by Gasteiger charge is 2.13. The monoisotopic (exact) mass is 192 g/mol. The molecular weight excluding hydrogens is 172 g/mol. The molecule has 1 aromatic rings. The maximum Gasteiger partial charge on any atom is 0.0250 e. The van der Waals surface area contributed by atoms with E-state index in [0.29, 0.717) is 6.54 Å². The Morgan fingerprint density at radius 1 is 1.21 bits per heavy atom. The van der Waals surface area contributed by atoms with Crippen molar-refractivity contribution < 1.29 is 0 Å². The molecule has 0 saturated heterocycles. The number of nitrogens with two attached hydrogens (primary N) is 1. The molecule has 0 bridgehead atoms. The highest BCUT2D eigenvalue weighted by atomic mass is 15.0. The van der Waals surface area contributed by atoms with Crippen LogP contribution in [0.4, 0.5) is 0 Å². The first kappa shape index (κ1) is 11.2. The van der Waals surface area contributed by atoms with Gasteiger partial charge in [0, 0.05) is 18.6 Å². The fourth-order valence-electron chi connectivity index (χ4n) is 1.12. The minimum atomic E-state index is 0.0187. The molecule has 0 aliphatic heterocycles. The van der Waals surface area contributed by atoms with Crippen molar-refractivity contribution in [2.75, 3.05) is 6.54 Å². The Hall–Kier alpha value is -0.860. The Bertz CT molecular complexity index is 275. The van der Waals surface area contributed by atoms with E-state index in [1.807, 2.05) is 0 Å². The summed E-state index contributed by atoms with van der Waals surface area (Å²) in [5, 5.41) is 3.42. The molecule has 0 aromatic heterocycles. The Kier molecular flexibility index (Phi) is 3.67. The summed E-state index contributed by atoms with van der Waals surface area (Å²) in [4.78, 5) is 0. The second-order valence-corrected chi connectivity index (χ2v) is 4.43. The number of hydrogen-bond donors (Lipinski definition) is 2. The zero-order chi connectivity index (χ0) is 10.6. The van der Waals surface area contributed by atoms with Crippen LogP contribution in [-0.4, -0.2) is 12.1 Å². The van der Waals surface area contributed by atoms with Gasteiger partial charge in [-0.3, -0.25) is 0 Å². The van der Waals surface area contributed by atoms with Gasteiger partial charge in [-0.2, -0.15) is 0 Å². The van der Waals surface area contributed by atoms with Crippen LogP contribution in [0.25, 0.3) is 0 Å². The highest BCUT2D eigenvalue weighted by Crippen LogP contribution is 2.05. The summed E-state index contributed by atoms with van der Waals surface area (Å²) in [6.07, 6.45) is 0. The molecule has 0 atom stereocenters. The Labute approximate surface area is 86.5 Å². The Balaban J connectivity index is 2.50. The van der Waals surface area contributed by atoms with E-state index in [1.54, 1.807) is 0 Å². The van der Waals surface area contributed by atoms with Crippen LogP contribution in [0.2, 0.25) is 0 Å². The molecule has 0 fully saturated rings. The number of benzene rings is 1. The van der Waals surface area contributed by atoms with E-state index in [-0.39, 0.29) is 5.54 Å². The first-order valence-electron chi connectivity index (χ1n) is 5.04. The molecule has 2 heteroatoms. The summed E-state index contributed by atoms with van der Waals surface area (Å²) in [6, 6.07) is 8.56. The Morgan fingerprint density at radius 3 is 2.29 bits per heavy atom. The van der Waals surface area contributed by atoms with Gasteiger partial charge >= 0.3 is 0 Å². The van der Waals surface area contributed by atoms with E-state index in [9.17, 15) is 0 Å². The molecule has 0 amide bonds. The zero-order valence-corrected chi connectivity index (χ0v) is 9.30. The lowest BCUT2D eigenvalue weighted by Crippen LogP contribution is -2.45. The van der Waals surface area contributed by atoms with Crippen LogP contribution < -0.4 is 11.1 Å². The number of rotatable bonds is 4. The molecule has 0 spiro atoms. The molecule has 0 radical (unpaired) electrons. The van der Waals surface area contributed by atoms with Crippen LogP contribution >= 0.6 is 0 Å². The van der Waals surface area contributed by atoms with Crippen molar-refractivity contribution in [2.24, 2.45) is 5.73 Å². The van der Waals surface area contributed by atoms with E-state index >= 15 is 0 Å². The van der Waals surface area contributed by atoms with Crippen LogP contribution in [-0.2, 0) is 6.54 Å². The van der Waals surface area contributed by atoms with Gasteiger partial charge in [0.15, 0.2) is 0 Å². The third-order valence-corrected chi connectivity index (χ3v) is 2.40. The molecule has 0 unspecified atom stereocenters. The molecule has 0 aliphatic rings. The minimum Gasteiger partial charge on any atom is -0.329 e. The van der Waals surface area contributed by atoms with Gasteiger partial charge in [0.2, 0.25) is 0 Å². The second kappa shape index (κ2) is 4.58. The quantitative estimate of drug-likeness (QED) is 0.763. The van der Waals surface area contributed by atoms with Gasteiger partial charge < -0.3 is 11.1 Å². The van der Waals surface area contributed by atoms with Crippen LogP contribution in [0.5, 0.6) is 0 Å². The predicted molar refractivity (Wildman–Crippen MR) is 61.2 cm³/mol. The fraction of sp³-hybridized carbons (Fsp3) is 0.500. The van der Waals surface area contributed by atoms with Gasteiger partial charge in [-0.1, -0.05) is 29.8 Å². The lowest BCUT2D eigenvalue weighted by Gasteiger charge is -2.24. The third kappa shape index (κ3) is 3.48. The van der Waals surface area contributed by atoms with Crippen molar-refractivity contribution in [1.82, 2.24) is 5.32 Å². The van der Waals surface area contributed by atoms with Gasteiger partial charge in [-0.25, -0.2) is 0 Å². The smallest absolute Gasteiger partial charge is 0.0250 e. The van der Waals surface area contributed by atoms with Gasteiger partial charge in [-0.15, -0.1) is 0 Å². The number of nitrogens with one attached hydrogen (secondary N) is 1. The summed E-state index contributed by atoms with van der Waals surface area (Å²) < 4.78 is 0. The van der Waals surface area contributed by atoms with Crippen LogP contribution in [0.15, 0.2) is 24.3 Å². The van der Waals surface area contributed by atoms with Gasteiger partial charge in [0.05, 0.1) is 0 Å².